The molecule has 8 aliphatic rings. The molecule has 0 saturated heterocycles. The first-order valence-corrected chi connectivity index (χ1v) is 31.1. The molecule has 23 nitrogen and oxygen atoms in total. The van der Waals surface area contributed by atoms with Gasteiger partial charge in [-0.3, -0.25) is 10.1 Å². The Labute approximate surface area is 505 Å². The zero-order valence-electron chi connectivity index (χ0n) is 44.8. The van der Waals surface area contributed by atoms with Crippen LogP contribution in [0.4, 0.5) is 4.79 Å². The normalized spacial score (nSPS) is 38.4. The molecule has 8 fully saturated rings. The first-order valence-electron chi connectivity index (χ1n) is 26.5. The second-order valence-corrected chi connectivity index (χ2v) is 27.1. The first-order chi connectivity index (χ1) is 34.7. The quantitative estimate of drug-likeness (QED) is 0.0324. The van der Waals surface area contributed by atoms with Gasteiger partial charge in [-0.05, 0) is 191 Å². The molecule has 8 saturated carbocycles. The van der Waals surface area contributed by atoms with E-state index >= 15 is 0 Å². The summed E-state index contributed by atoms with van der Waals surface area (Å²) >= 11 is 2.16. The molecule has 76 heavy (non-hydrogen) atoms. The topological polar surface area (TPSA) is 337 Å². The first kappa shape index (κ1) is 68.8. The summed E-state index contributed by atoms with van der Waals surface area (Å²) in [5.41, 5.74) is 0. The number of rotatable bonds is 18. The summed E-state index contributed by atoms with van der Waals surface area (Å²) in [6, 6.07) is -0.218. The molecule has 2 N–H and O–H groups in total. The van der Waals surface area contributed by atoms with Crippen molar-refractivity contribution in [2.75, 3.05) is 0 Å². The molecule has 8 aliphatic carbocycles. The standard InChI is InChI=1S/C45H76N10O13S4.4Li/c56-45(46-27-1-5-29(6-2-27)48-52-41-21-23-43(39-25-34(70-68-66-58)15-19-37(39)41)54-50-31-9-13-33(14-10-31)69-67-65-57)47-28-3-7-30(8-4-28)49-53-42-22-24-44(40-26-36(72(62,63)64)18-20-38(40)42)55-51-32-11-16-35(17-12-32)71(59,60)61;;;;/h27-44,57-58H,1-26H2,(H2,46,47,56)(H,59,60,61)(H,62,63,64);;;;/q;4*+1/p-4. The molecule has 8 rings (SSSR count). The molecule has 0 bridgehead atoms. The molecule has 0 spiro atoms. The summed E-state index contributed by atoms with van der Waals surface area (Å²) in [4.78, 5) is 13.2. The van der Waals surface area contributed by atoms with Crippen LogP contribution >= 0.6 is 24.1 Å². The van der Waals surface area contributed by atoms with Gasteiger partial charge in [0.2, 0.25) is 0 Å². The van der Waals surface area contributed by atoms with E-state index in [1.165, 1.54) is 0 Å². The van der Waals surface area contributed by atoms with Crippen LogP contribution in [0.25, 0.3) is 0 Å². The second-order valence-electron chi connectivity index (χ2n) is 21.8. The van der Waals surface area contributed by atoms with Crippen LogP contribution in [0.5, 0.6) is 0 Å². The smallest absolute Gasteiger partial charge is 0.748 e. The van der Waals surface area contributed by atoms with Gasteiger partial charge in [0, 0.05) is 57.2 Å². The van der Waals surface area contributed by atoms with Crippen molar-refractivity contribution < 1.29 is 135 Å². The largest absolute Gasteiger partial charge is 1.00 e. The van der Waals surface area contributed by atoms with Gasteiger partial charge in [0.25, 0.3) is 0 Å². The maximum Gasteiger partial charge on any atom is 1.00 e. The van der Waals surface area contributed by atoms with E-state index in [2.05, 4.69) is 35.3 Å². The molecule has 0 heterocycles. The molecule has 0 aromatic heterocycles. The predicted octanol–water partition coefficient (Wildman–Crippen LogP) is -5.18. The Kier molecular flexibility index (Phi) is 30.4. The van der Waals surface area contributed by atoms with E-state index < -0.39 is 30.7 Å². The van der Waals surface area contributed by atoms with E-state index in [9.17, 15) is 41.3 Å². The number of fused-ring (bicyclic) bond motifs is 2. The summed E-state index contributed by atoms with van der Waals surface area (Å²) in [5, 5.41) is 71.3. The van der Waals surface area contributed by atoms with Crippen LogP contribution in [-0.2, 0) is 39.0 Å². The molecule has 0 aromatic carbocycles. The summed E-state index contributed by atoms with van der Waals surface area (Å²) in [7, 11) is -8.81. The van der Waals surface area contributed by atoms with Gasteiger partial charge >= 0.3 is 81.5 Å². The SMILES string of the molecule is O=C(NC1CCC(N=NC2CCC(N=NC3CCC(SOO[O-])CC3)C3CC(SOO[O-])CCC23)CC1)NC1CCC(N=NC2CCC(N=NC3CCC(S(=O)(=O)[O-])CC3)C3CC(S(=O)(=O)[O-])CCC23)CC1.[Li+].[Li+].[Li+].[Li+]. The molecule has 0 aliphatic heterocycles. The summed E-state index contributed by atoms with van der Waals surface area (Å²) in [6.45, 7) is 0. The van der Waals surface area contributed by atoms with Gasteiger partial charge in [-0.25, -0.2) is 21.6 Å². The van der Waals surface area contributed by atoms with Gasteiger partial charge in [0.05, 0.1) is 68.6 Å². The molecule has 31 heteroatoms. The van der Waals surface area contributed by atoms with E-state index in [-0.39, 0.29) is 196 Å². The minimum atomic E-state index is -4.47. The van der Waals surface area contributed by atoms with Crippen LogP contribution in [0.3, 0.4) is 0 Å². The number of hydrogen-bond donors (Lipinski definition) is 2. The van der Waals surface area contributed by atoms with Gasteiger partial charge in [0.15, 0.2) is 0 Å². The fourth-order valence-corrected chi connectivity index (χ4v) is 16.3. The summed E-state index contributed by atoms with van der Waals surface area (Å²) in [6.07, 6.45) is 18.1. The summed E-state index contributed by atoms with van der Waals surface area (Å²) < 4.78 is 80.0. The number of nitrogens with zero attached hydrogens (tertiary/aromatic N) is 8. The van der Waals surface area contributed by atoms with Crippen molar-refractivity contribution in [3.05, 3.63) is 0 Å². The van der Waals surface area contributed by atoms with Gasteiger partial charge in [0.1, 0.15) is 0 Å². The van der Waals surface area contributed by atoms with E-state index in [0.717, 1.165) is 133 Å². The van der Waals surface area contributed by atoms with Crippen molar-refractivity contribution in [2.24, 2.45) is 64.6 Å². The van der Waals surface area contributed by atoms with Crippen LogP contribution in [0.15, 0.2) is 40.9 Å². The van der Waals surface area contributed by atoms with Crippen molar-refractivity contribution in [3.8, 4) is 0 Å². The fraction of sp³-hybridized carbons (Fsp3) is 0.978. The Bertz CT molecular complexity index is 2090. The number of azo groups is 4. The van der Waals surface area contributed by atoms with Crippen molar-refractivity contribution in [2.45, 2.75) is 248 Å². The maximum absolute atomic E-state index is 13.2. The van der Waals surface area contributed by atoms with Gasteiger partial charge < -0.3 is 30.3 Å². The van der Waals surface area contributed by atoms with Crippen molar-refractivity contribution in [3.63, 3.8) is 0 Å². The van der Waals surface area contributed by atoms with E-state index in [4.69, 9.17) is 35.0 Å². The summed E-state index contributed by atoms with van der Waals surface area (Å²) in [5.74, 6) is 0.375. The number of carbonyl (C=O) groups excluding carboxylic acids is 1. The third-order valence-corrected chi connectivity index (χ3v) is 21.6. The molecular weight excluding hydrogens is 1040 g/mol. The van der Waals surface area contributed by atoms with Gasteiger partial charge in [-0.2, -0.15) is 49.6 Å². The third-order valence-electron chi connectivity index (χ3n) is 17.4. The van der Waals surface area contributed by atoms with Crippen LogP contribution < -0.4 is 96.6 Å². The van der Waals surface area contributed by atoms with Crippen molar-refractivity contribution in [1.82, 2.24) is 10.6 Å². The Hall–Kier alpha value is 0.340. The fourth-order valence-electron chi connectivity index (χ4n) is 13.3. The van der Waals surface area contributed by atoms with Crippen LogP contribution in [0, 0.1) is 23.7 Å². The number of nitrogens with one attached hydrogen (secondary N) is 2. The molecule has 10 atom stereocenters. The van der Waals surface area contributed by atoms with Gasteiger partial charge in [-0.15, -0.1) is 0 Å². The van der Waals surface area contributed by atoms with Crippen molar-refractivity contribution in [1.29, 1.82) is 0 Å². The number of amides is 2. The minimum Gasteiger partial charge on any atom is -0.748 e. The average Bonchev–Trinajstić information content (AvgIpc) is 3.38. The maximum atomic E-state index is 13.2. The van der Waals surface area contributed by atoms with E-state index in [1.54, 1.807) is 0 Å². The molecule has 408 valence electrons. The Morgan fingerprint density at radius 1 is 0.395 bits per heavy atom. The zero-order valence-corrected chi connectivity index (χ0v) is 48.1. The molecule has 0 aromatic rings. The Morgan fingerprint density at radius 2 is 0.724 bits per heavy atom. The molecule has 10 unspecified atom stereocenters. The van der Waals surface area contributed by atoms with Crippen LogP contribution in [0.1, 0.15) is 167 Å². The predicted molar refractivity (Wildman–Crippen MR) is 257 cm³/mol. The minimum absolute atomic E-state index is 0. The van der Waals surface area contributed by atoms with E-state index in [0.29, 0.717) is 38.0 Å². The van der Waals surface area contributed by atoms with Crippen LogP contribution in [-0.4, -0.2) is 113 Å². The second kappa shape index (κ2) is 33.6. The monoisotopic (exact) mass is 1120 g/mol. The number of hydrogen-bond acceptors (Lipinski definition) is 23. The number of carbonyl (C=O) groups is 1. The molecule has 0 radical (unpaired) electrons. The van der Waals surface area contributed by atoms with E-state index in [1.807, 2.05) is 0 Å². The van der Waals surface area contributed by atoms with Gasteiger partial charge in [-0.1, -0.05) is 0 Å². The Morgan fingerprint density at radius 3 is 1.13 bits per heavy atom. The molecular formula is C45H72Li4N10O13S4. The Balaban J connectivity index is 0.00000312. The number of urea groups is 1. The average molecular weight is 1120 g/mol. The zero-order chi connectivity index (χ0) is 50.7. The third kappa shape index (κ3) is 20.3. The van der Waals surface area contributed by atoms with Crippen LogP contribution in [0.2, 0.25) is 0 Å². The molecule has 2 amide bonds. The van der Waals surface area contributed by atoms with Crippen molar-refractivity contribution >= 4 is 50.4 Å².